The zero-order valence-electron chi connectivity index (χ0n) is 19.9. The van der Waals surface area contributed by atoms with Crippen molar-refractivity contribution >= 4 is 9.84 Å². The van der Waals surface area contributed by atoms with Crippen LogP contribution in [0, 0.1) is 11.6 Å². The Labute approximate surface area is 210 Å². The van der Waals surface area contributed by atoms with Crippen LogP contribution >= 0.6 is 0 Å². The van der Waals surface area contributed by atoms with E-state index >= 15 is 4.39 Å². The van der Waals surface area contributed by atoms with Gasteiger partial charge in [0.05, 0.1) is 23.1 Å². The summed E-state index contributed by atoms with van der Waals surface area (Å²) in [5.41, 5.74) is 0.894. The fourth-order valence-electron chi connectivity index (χ4n) is 5.58. The maximum absolute atomic E-state index is 15.4. The minimum atomic E-state index is -4.10. The van der Waals surface area contributed by atoms with Gasteiger partial charge in [-0.1, -0.05) is 48.5 Å². The number of hydrogen-bond acceptors (Lipinski definition) is 5. The van der Waals surface area contributed by atoms with Crippen molar-refractivity contribution in [2.75, 3.05) is 26.3 Å². The van der Waals surface area contributed by atoms with Gasteiger partial charge >= 0.3 is 0 Å². The summed E-state index contributed by atoms with van der Waals surface area (Å²) in [6.07, 6.45) is 1.39. The summed E-state index contributed by atoms with van der Waals surface area (Å²) in [6, 6.07) is 19.3. The Morgan fingerprint density at radius 2 is 1.67 bits per heavy atom. The number of halogens is 2. The molecule has 1 saturated heterocycles. The number of rotatable bonds is 8. The van der Waals surface area contributed by atoms with Crippen LogP contribution in [0.25, 0.3) is 0 Å². The highest BCUT2D eigenvalue weighted by molar-refractivity contribution is 7.92. The minimum Gasteiger partial charge on any atom is -0.488 e. The lowest BCUT2D eigenvalue weighted by Gasteiger charge is -2.52. The molecule has 0 aliphatic carbocycles. The smallest absolute Gasteiger partial charge is 0.190 e. The van der Waals surface area contributed by atoms with Crippen LogP contribution in [-0.2, 0) is 25.9 Å². The Morgan fingerprint density at radius 3 is 2.42 bits per heavy atom. The fraction of sp³-hybridized carbons (Fsp3) is 0.357. The third-order valence-corrected chi connectivity index (χ3v) is 9.75. The second-order valence-corrected chi connectivity index (χ2v) is 11.5. The Kier molecular flexibility index (Phi) is 7.10. The Bertz CT molecular complexity index is 1300. The van der Waals surface area contributed by atoms with Crippen molar-refractivity contribution in [3.63, 3.8) is 0 Å². The topological polar surface area (TPSA) is 55.8 Å². The van der Waals surface area contributed by atoms with Crippen molar-refractivity contribution in [1.29, 1.82) is 0 Å². The molecule has 2 atom stereocenters. The van der Waals surface area contributed by atoms with E-state index in [1.165, 1.54) is 12.1 Å². The van der Waals surface area contributed by atoms with Crippen molar-refractivity contribution in [1.82, 2.24) is 4.90 Å². The Morgan fingerprint density at radius 1 is 0.972 bits per heavy atom. The normalized spacial score (nSPS) is 21.9. The van der Waals surface area contributed by atoms with Gasteiger partial charge in [-0.25, -0.2) is 17.2 Å². The van der Waals surface area contributed by atoms with Crippen LogP contribution in [0.4, 0.5) is 8.78 Å². The van der Waals surface area contributed by atoms with E-state index < -0.39 is 32.3 Å². The quantitative estimate of drug-likeness (QED) is 0.393. The number of fused-ring (bicyclic) bond motifs is 3. The van der Waals surface area contributed by atoms with Crippen LogP contribution in [0.15, 0.2) is 77.7 Å². The number of likely N-dealkylation sites (tertiary alicyclic amines) is 1. The van der Waals surface area contributed by atoms with Gasteiger partial charge in [0.1, 0.15) is 17.2 Å². The third-order valence-electron chi connectivity index (χ3n) is 7.22. The first-order chi connectivity index (χ1) is 17.4. The number of nitrogens with zero attached hydrogens (tertiary/aromatic N) is 1. The Hall–Kier alpha value is -2.81. The molecular formula is C28H29F2NO4S. The molecule has 8 heteroatoms. The zero-order chi connectivity index (χ0) is 25.2. The molecule has 3 aromatic rings. The summed E-state index contributed by atoms with van der Waals surface area (Å²) in [5.74, 6) is -1.80. The highest BCUT2D eigenvalue weighted by Crippen LogP contribution is 2.53. The zero-order valence-corrected chi connectivity index (χ0v) is 20.7. The molecule has 2 aliphatic heterocycles. The highest BCUT2D eigenvalue weighted by atomic mass is 32.2. The molecule has 0 spiro atoms. The lowest BCUT2D eigenvalue weighted by molar-refractivity contribution is 0.0336. The second-order valence-electron chi connectivity index (χ2n) is 9.30. The van der Waals surface area contributed by atoms with Gasteiger partial charge in [-0.2, -0.15) is 0 Å². The van der Waals surface area contributed by atoms with E-state index in [1.807, 2.05) is 35.2 Å². The predicted octanol–water partition coefficient (Wildman–Crippen LogP) is 5.10. The average Bonchev–Trinajstić information content (AvgIpc) is 2.91. The van der Waals surface area contributed by atoms with Gasteiger partial charge in [0.2, 0.25) is 0 Å². The van der Waals surface area contributed by atoms with Crippen LogP contribution in [-0.4, -0.2) is 45.7 Å². The molecule has 3 aromatic carbocycles. The number of sulfone groups is 1. The molecule has 2 aliphatic rings. The van der Waals surface area contributed by atoms with Crippen molar-refractivity contribution < 1.29 is 26.7 Å². The fourth-order valence-corrected chi connectivity index (χ4v) is 7.97. The lowest BCUT2D eigenvalue weighted by atomic mass is 9.80. The SMILES string of the molecule is O=S(=O)(c1ccccc1)[C@@]12CCCN(CCCOCc3ccccc3)[C@@H]1COc1c(F)ccc(F)c12. The van der Waals surface area contributed by atoms with E-state index in [1.54, 1.807) is 18.2 Å². The first kappa shape index (κ1) is 24.9. The van der Waals surface area contributed by atoms with Gasteiger partial charge in [-0.3, -0.25) is 4.90 Å². The van der Waals surface area contributed by atoms with Crippen molar-refractivity contribution in [2.24, 2.45) is 0 Å². The molecule has 1 fully saturated rings. The number of piperidine rings is 1. The van der Waals surface area contributed by atoms with Gasteiger partial charge < -0.3 is 9.47 Å². The minimum absolute atomic E-state index is 0.0374. The van der Waals surface area contributed by atoms with Crippen molar-refractivity contribution in [3.05, 3.63) is 95.6 Å². The summed E-state index contributed by atoms with van der Waals surface area (Å²) in [7, 11) is -4.10. The summed E-state index contributed by atoms with van der Waals surface area (Å²) in [5, 5.41) is 0. The van der Waals surface area contributed by atoms with E-state index in [4.69, 9.17) is 9.47 Å². The standard InChI is InChI=1S/C28H29F2NO4S/c29-23-13-14-24(30)27-26(23)28(36(32,33)22-11-5-2-6-12-22)15-7-16-31(25(28)20-35-27)17-8-18-34-19-21-9-3-1-4-10-21/h1-6,9-14,25H,7-8,15-20H2/t25-,28+/m1/s1. The Balaban J connectivity index is 1.45. The molecule has 36 heavy (non-hydrogen) atoms. The van der Waals surface area contributed by atoms with Crippen LogP contribution in [0.1, 0.15) is 30.4 Å². The molecule has 0 N–H and O–H groups in total. The summed E-state index contributed by atoms with van der Waals surface area (Å²) >= 11 is 0. The molecule has 0 saturated carbocycles. The molecule has 0 aromatic heterocycles. The molecule has 5 nitrogen and oxygen atoms in total. The number of ether oxygens (including phenoxy) is 2. The van der Waals surface area contributed by atoms with Crippen LogP contribution < -0.4 is 4.74 Å². The van der Waals surface area contributed by atoms with E-state index in [9.17, 15) is 12.8 Å². The van der Waals surface area contributed by atoms with E-state index in [0.717, 1.165) is 17.7 Å². The van der Waals surface area contributed by atoms with Crippen LogP contribution in [0.3, 0.4) is 0 Å². The van der Waals surface area contributed by atoms with Gasteiger partial charge in [0.15, 0.2) is 21.4 Å². The van der Waals surface area contributed by atoms with E-state index in [2.05, 4.69) is 0 Å². The molecule has 0 radical (unpaired) electrons. The number of hydrogen-bond donors (Lipinski definition) is 0. The molecule has 0 bridgehead atoms. The maximum atomic E-state index is 15.4. The van der Waals surface area contributed by atoms with Crippen LogP contribution in [0.5, 0.6) is 5.75 Å². The molecule has 0 amide bonds. The van der Waals surface area contributed by atoms with Gasteiger partial charge in [0, 0.05) is 13.2 Å². The highest BCUT2D eigenvalue weighted by Gasteiger charge is 2.60. The van der Waals surface area contributed by atoms with Crippen LogP contribution in [0.2, 0.25) is 0 Å². The van der Waals surface area contributed by atoms with E-state index in [-0.39, 0.29) is 29.2 Å². The van der Waals surface area contributed by atoms with Gasteiger partial charge in [-0.05, 0) is 55.6 Å². The monoisotopic (exact) mass is 513 g/mol. The summed E-state index contributed by atoms with van der Waals surface area (Å²) in [4.78, 5) is 2.14. The van der Waals surface area contributed by atoms with Crippen molar-refractivity contribution in [2.45, 2.75) is 41.6 Å². The molecule has 2 heterocycles. The first-order valence-electron chi connectivity index (χ1n) is 12.2. The predicted molar refractivity (Wildman–Crippen MR) is 132 cm³/mol. The molecule has 190 valence electrons. The first-order valence-corrected chi connectivity index (χ1v) is 13.7. The summed E-state index contributed by atoms with van der Waals surface area (Å²) < 4.78 is 68.6. The second kappa shape index (κ2) is 10.3. The van der Waals surface area contributed by atoms with Gasteiger partial charge in [0.25, 0.3) is 0 Å². The average molecular weight is 514 g/mol. The number of benzene rings is 3. The maximum Gasteiger partial charge on any atom is 0.190 e. The summed E-state index contributed by atoms with van der Waals surface area (Å²) in [6.45, 7) is 2.16. The third kappa shape index (κ3) is 4.31. The van der Waals surface area contributed by atoms with E-state index in [0.29, 0.717) is 39.1 Å². The molecular weight excluding hydrogens is 484 g/mol. The molecule has 5 rings (SSSR count). The lowest BCUT2D eigenvalue weighted by Crippen LogP contribution is -2.63. The largest absolute Gasteiger partial charge is 0.488 e. The van der Waals surface area contributed by atoms with Crippen molar-refractivity contribution in [3.8, 4) is 5.75 Å². The van der Waals surface area contributed by atoms with Gasteiger partial charge in [-0.15, -0.1) is 0 Å². The molecule has 0 unspecified atom stereocenters.